The number of rotatable bonds is 10. The van der Waals surface area contributed by atoms with E-state index in [2.05, 4.69) is 18.3 Å². The Morgan fingerprint density at radius 3 is 2.68 bits per heavy atom. The fraction of sp³-hybridized carbons (Fsp3) is 0.600. The number of nitrogens with zero attached hydrogens (tertiary/aromatic N) is 1. The normalized spacial score (nSPS) is 15.9. The number of unbranched alkanes of at least 4 members (excludes halogenated alkanes) is 1. The molecule has 5 nitrogen and oxygen atoms in total. The Morgan fingerprint density at radius 2 is 2.08 bits per heavy atom. The second kappa shape index (κ2) is 8.87. The summed E-state index contributed by atoms with van der Waals surface area (Å²) in [6.07, 6.45) is 4.89. The second-order valence-electron chi connectivity index (χ2n) is 6.71. The minimum absolute atomic E-state index is 0.181. The molecule has 0 heterocycles. The van der Waals surface area contributed by atoms with E-state index in [0.29, 0.717) is 30.2 Å². The van der Waals surface area contributed by atoms with Gasteiger partial charge in [-0.3, -0.25) is 4.79 Å². The van der Waals surface area contributed by atoms with Crippen LogP contribution < -0.4 is 10.1 Å². The van der Waals surface area contributed by atoms with E-state index in [1.165, 1.54) is 0 Å². The Balaban J connectivity index is 2.10. The lowest BCUT2D eigenvalue weighted by molar-refractivity contribution is -0.142. The number of amides is 1. The summed E-state index contributed by atoms with van der Waals surface area (Å²) in [6, 6.07) is 7.32. The topological polar surface area (TPSA) is 71.3 Å². The fourth-order valence-corrected chi connectivity index (χ4v) is 2.71. The number of hydrogen-bond donors (Lipinski definition) is 1. The molecule has 1 aliphatic carbocycles. The predicted molar refractivity (Wildman–Crippen MR) is 97.6 cm³/mol. The summed E-state index contributed by atoms with van der Waals surface area (Å²) in [5.41, 5.74) is 0.0669. The number of carbonyl (C=O) groups excluding carboxylic acids is 1. The summed E-state index contributed by atoms with van der Waals surface area (Å²) in [5, 5.41) is 12.3. The maximum atomic E-state index is 12.8. The largest absolute Gasteiger partial charge is 0.494 e. The molecule has 0 unspecified atom stereocenters. The SMILES string of the molecule is CCCCOc1ccc(NC(=O)[C@@](C)(OCCC)C2CC2)c(C#N)c1. The van der Waals surface area contributed by atoms with Crippen molar-refractivity contribution in [1.82, 2.24) is 0 Å². The lowest BCUT2D eigenvalue weighted by atomic mass is 9.98. The molecule has 1 amide bonds. The third-order valence-corrected chi connectivity index (χ3v) is 4.54. The molecule has 0 bridgehead atoms. The van der Waals surface area contributed by atoms with Gasteiger partial charge in [0.15, 0.2) is 0 Å². The van der Waals surface area contributed by atoms with Gasteiger partial charge in [-0.05, 0) is 56.7 Å². The average molecular weight is 344 g/mol. The monoisotopic (exact) mass is 344 g/mol. The fourth-order valence-electron chi connectivity index (χ4n) is 2.71. The van der Waals surface area contributed by atoms with E-state index in [-0.39, 0.29) is 11.8 Å². The zero-order chi connectivity index (χ0) is 18.3. The van der Waals surface area contributed by atoms with Crippen LogP contribution in [0.2, 0.25) is 0 Å². The van der Waals surface area contributed by atoms with Crippen molar-refractivity contribution in [1.29, 1.82) is 5.26 Å². The molecule has 1 atom stereocenters. The molecule has 25 heavy (non-hydrogen) atoms. The second-order valence-corrected chi connectivity index (χ2v) is 6.71. The van der Waals surface area contributed by atoms with Crippen molar-refractivity contribution in [3.8, 4) is 11.8 Å². The number of anilines is 1. The van der Waals surface area contributed by atoms with Gasteiger partial charge < -0.3 is 14.8 Å². The van der Waals surface area contributed by atoms with Gasteiger partial charge in [0.25, 0.3) is 5.91 Å². The van der Waals surface area contributed by atoms with Crippen LogP contribution in [0.25, 0.3) is 0 Å². The van der Waals surface area contributed by atoms with Crippen molar-refractivity contribution in [3.05, 3.63) is 23.8 Å². The maximum absolute atomic E-state index is 12.8. The molecular formula is C20H28N2O3. The van der Waals surface area contributed by atoms with E-state index < -0.39 is 5.60 Å². The number of carbonyl (C=O) groups is 1. The van der Waals surface area contributed by atoms with Crippen LogP contribution in [0.5, 0.6) is 5.75 Å². The molecule has 1 aromatic rings. The first-order valence-corrected chi connectivity index (χ1v) is 9.17. The predicted octanol–water partition coefficient (Wildman–Crippen LogP) is 4.27. The molecule has 136 valence electrons. The maximum Gasteiger partial charge on any atom is 0.256 e. The summed E-state index contributed by atoms with van der Waals surface area (Å²) in [6.45, 7) is 7.15. The molecule has 1 aromatic carbocycles. The van der Waals surface area contributed by atoms with Gasteiger partial charge in [-0.15, -0.1) is 0 Å². The van der Waals surface area contributed by atoms with Crippen molar-refractivity contribution in [2.45, 2.75) is 58.5 Å². The van der Waals surface area contributed by atoms with Gasteiger partial charge in [0.1, 0.15) is 17.4 Å². The molecule has 2 rings (SSSR count). The Morgan fingerprint density at radius 1 is 1.32 bits per heavy atom. The first-order valence-electron chi connectivity index (χ1n) is 9.17. The highest BCUT2D eigenvalue weighted by Gasteiger charge is 2.48. The minimum atomic E-state index is -0.834. The highest BCUT2D eigenvalue weighted by atomic mass is 16.5. The molecule has 0 saturated heterocycles. The molecule has 1 N–H and O–H groups in total. The van der Waals surface area contributed by atoms with Gasteiger partial charge in [0.2, 0.25) is 0 Å². The van der Waals surface area contributed by atoms with Crippen LogP contribution in [-0.2, 0) is 9.53 Å². The van der Waals surface area contributed by atoms with Crippen LogP contribution in [0.15, 0.2) is 18.2 Å². The summed E-state index contributed by atoms with van der Waals surface area (Å²) >= 11 is 0. The number of ether oxygens (including phenoxy) is 2. The van der Waals surface area contributed by atoms with Crippen LogP contribution in [0.3, 0.4) is 0 Å². The van der Waals surface area contributed by atoms with E-state index in [1.54, 1.807) is 18.2 Å². The Labute approximate surface area is 150 Å². The molecule has 1 fully saturated rings. The zero-order valence-corrected chi connectivity index (χ0v) is 15.4. The molecule has 0 aromatic heterocycles. The summed E-state index contributed by atoms with van der Waals surface area (Å²) in [4.78, 5) is 12.8. The number of nitrogens with one attached hydrogen (secondary N) is 1. The molecule has 0 radical (unpaired) electrons. The van der Waals surface area contributed by atoms with E-state index in [0.717, 1.165) is 32.1 Å². The van der Waals surface area contributed by atoms with Crippen LogP contribution in [0, 0.1) is 17.2 Å². The van der Waals surface area contributed by atoms with Crippen LogP contribution in [-0.4, -0.2) is 24.7 Å². The number of nitriles is 1. The molecular weight excluding hydrogens is 316 g/mol. The lowest BCUT2D eigenvalue weighted by Crippen LogP contribution is -2.45. The first kappa shape index (κ1) is 19.3. The van der Waals surface area contributed by atoms with Crippen LogP contribution in [0.4, 0.5) is 5.69 Å². The van der Waals surface area contributed by atoms with Crippen molar-refractivity contribution >= 4 is 11.6 Å². The van der Waals surface area contributed by atoms with E-state index in [9.17, 15) is 10.1 Å². The van der Waals surface area contributed by atoms with Gasteiger partial charge in [0, 0.05) is 6.61 Å². The average Bonchev–Trinajstić information content (AvgIpc) is 3.46. The van der Waals surface area contributed by atoms with Crippen molar-refractivity contribution in [3.63, 3.8) is 0 Å². The molecule has 0 aliphatic heterocycles. The Hall–Kier alpha value is -2.06. The standard InChI is InChI=1S/C20H28N2O3/c1-4-6-12-24-17-9-10-18(15(13-17)14-21)22-19(23)20(3,16-7-8-16)25-11-5-2/h9-10,13,16H,4-8,11-12H2,1-3H3,(H,22,23)/t20-/m0/s1. The van der Waals surface area contributed by atoms with Gasteiger partial charge in [-0.25, -0.2) is 0 Å². The summed E-state index contributed by atoms with van der Waals surface area (Å²) in [7, 11) is 0. The van der Waals surface area contributed by atoms with Crippen LogP contribution in [0.1, 0.15) is 58.4 Å². The quantitative estimate of drug-likeness (QED) is 0.643. The highest BCUT2D eigenvalue weighted by molar-refractivity contribution is 5.98. The van der Waals surface area contributed by atoms with Gasteiger partial charge >= 0.3 is 0 Å². The molecule has 0 spiro atoms. The van der Waals surface area contributed by atoms with E-state index in [4.69, 9.17) is 9.47 Å². The molecule has 5 heteroatoms. The third-order valence-electron chi connectivity index (χ3n) is 4.54. The van der Waals surface area contributed by atoms with Gasteiger partial charge in [-0.2, -0.15) is 5.26 Å². The van der Waals surface area contributed by atoms with Crippen molar-refractivity contribution in [2.24, 2.45) is 5.92 Å². The summed E-state index contributed by atoms with van der Waals surface area (Å²) < 4.78 is 11.5. The lowest BCUT2D eigenvalue weighted by Gasteiger charge is -2.29. The van der Waals surface area contributed by atoms with Gasteiger partial charge in [-0.1, -0.05) is 20.3 Å². The Bertz CT molecular complexity index is 634. The zero-order valence-electron chi connectivity index (χ0n) is 15.4. The highest BCUT2D eigenvalue weighted by Crippen LogP contribution is 2.42. The van der Waals surface area contributed by atoms with Crippen LogP contribution >= 0.6 is 0 Å². The van der Waals surface area contributed by atoms with Crippen molar-refractivity contribution in [2.75, 3.05) is 18.5 Å². The number of hydrogen-bond acceptors (Lipinski definition) is 4. The molecule has 1 saturated carbocycles. The summed E-state index contributed by atoms with van der Waals surface area (Å²) in [5.74, 6) is 0.719. The van der Waals surface area contributed by atoms with E-state index >= 15 is 0 Å². The minimum Gasteiger partial charge on any atom is -0.494 e. The Kier molecular flexibility index (Phi) is 6.83. The number of benzene rings is 1. The van der Waals surface area contributed by atoms with Crippen molar-refractivity contribution < 1.29 is 14.3 Å². The smallest absolute Gasteiger partial charge is 0.256 e. The van der Waals surface area contributed by atoms with Gasteiger partial charge in [0.05, 0.1) is 17.9 Å². The van der Waals surface area contributed by atoms with E-state index in [1.807, 2.05) is 13.8 Å². The third kappa shape index (κ3) is 4.96. The molecule has 1 aliphatic rings. The first-order chi connectivity index (χ1) is 12.0.